The van der Waals surface area contributed by atoms with Crippen LogP contribution in [0.25, 0.3) is 6.08 Å². The van der Waals surface area contributed by atoms with Crippen LogP contribution in [0.15, 0.2) is 54.6 Å². The third-order valence-corrected chi connectivity index (χ3v) is 2.97. The standard InChI is InChI=1S/C11H14N4O3.C7H6O2/c1-18-9-6-7(2-4-8(9)16)3-5-10(17)14-15-11(12)13;8-7(9)6-4-2-1-3-5-6/h2-6,16H,1H3,(H,14,17)(H4,12,13,15);1-5H,(H,8,9)/b5-3+;. The minimum absolute atomic E-state index is 0.0336. The predicted molar refractivity (Wildman–Crippen MR) is 97.0 cm³/mol. The molecule has 7 N–H and O–H groups in total. The Morgan fingerprint density at radius 3 is 2.37 bits per heavy atom. The van der Waals surface area contributed by atoms with Crippen molar-refractivity contribution in [2.24, 2.45) is 11.5 Å². The molecule has 0 aliphatic carbocycles. The molecule has 27 heavy (non-hydrogen) atoms. The number of hydrogen-bond donors (Lipinski definition) is 5. The second kappa shape index (κ2) is 10.8. The average Bonchev–Trinajstić information content (AvgIpc) is 2.66. The molecule has 9 nitrogen and oxygen atoms in total. The van der Waals surface area contributed by atoms with E-state index in [1.165, 1.54) is 31.4 Å². The van der Waals surface area contributed by atoms with Crippen LogP contribution in [0, 0.1) is 0 Å². The van der Waals surface area contributed by atoms with Crippen molar-refractivity contribution in [3.8, 4) is 11.5 Å². The molecule has 0 saturated carbocycles. The zero-order valence-corrected chi connectivity index (χ0v) is 14.5. The number of amides is 1. The van der Waals surface area contributed by atoms with E-state index in [9.17, 15) is 19.8 Å². The Morgan fingerprint density at radius 2 is 1.85 bits per heavy atom. The highest BCUT2D eigenvalue weighted by Crippen LogP contribution is 2.26. The monoisotopic (exact) mass is 372 g/mol. The summed E-state index contributed by atoms with van der Waals surface area (Å²) >= 11 is 0. The lowest BCUT2D eigenvalue weighted by Gasteiger charge is -2.03. The van der Waals surface area contributed by atoms with E-state index in [0.29, 0.717) is 11.3 Å². The zero-order valence-electron chi connectivity index (χ0n) is 14.5. The summed E-state index contributed by atoms with van der Waals surface area (Å²) < 4.78 is 4.94. The van der Waals surface area contributed by atoms with Crippen LogP contribution in [-0.2, 0) is 4.79 Å². The molecule has 0 radical (unpaired) electrons. The minimum Gasteiger partial charge on any atom is -0.545 e. The van der Waals surface area contributed by atoms with Gasteiger partial charge < -0.3 is 19.7 Å². The van der Waals surface area contributed by atoms with Gasteiger partial charge in [0.2, 0.25) is 0 Å². The number of phenolic OH excluding ortho intramolecular Hbond substituents is 1. The predicted octanol–water partition coefficient (Wildman–Crippen LogP) is -2.15. The fourth-order valence-corrected chi connectivity index (χ4v) is 1.72. The van der Waals surface area contributed by atoms with Crippen LogP contribution >= 0.6 is 0 Å². The number of aromatic hydroxyl groups is 1. The molecule has 0 heterocycles. The number of carboxylic acids is 1. The highest BCUT2D eigenvalue weighted by molar-refractivity contribution is 5.91. The molecule has 2 aromatic rings. The molecule has 0 aliphatic rings. The van der Waals surface area contributed by atoms with Gasteiger partial charge in [-0.3, -0.25) is 16.3 Å². The van der Waals surface area contributed by atoms with Gasteiger partial charge in [-0.2, -0.15) is 5.10 Å². The van der Waals surface area contributed by atoms with Gasteiger partial charge in [-0.15, -0.1) is 0 Å². The third kappa shape index (κ3) is 8.07. The number of rotatable bonds is 5. The number of benzene rings is 2. The number of phenols is 1. The fraction of sp³-hybridized carbons (Fsp3) is 0.0556. The lowest BCUT2D eigenvalue weighted by Crippen LogP contribution is -2.87. The van der Waals surface area contributed by atoms with Crippen molar-refractivity contribution in [3.63, 3.8) is 0 Å². The van der Waals surface area contributed by atoms with Crippen molar-refractivity contribution in [2.75, 3.05) is 7.11 Å². The van der Waals surface area contributed by atoms with Crippen LogP contribution in [0.4, 0.5) is 0 Å². The number of hydrazone groups is 1. The fourth-order valence-electron chi connectivity index (χ4n) is 1.72. The Kier molecular flexibility index (Phi) is 8.39. The van der Waals surface area contributed by atoms with Crippen LogP contribution in [0.5, 0.6) is 11.5 Å². The van der Waals surface area contributed by atoms with Gasteiger partial charge >= 0.3 is 5.96 Å². The Bertz CT molecular complexity index is 831. The first-order chi connectivity index (χ1) is 12.8. The van der Waals surface area contributed by atoms with E-state index in [0.717, 1.165) is 0 Å². The van der Waals surface area contributed by atoms with Gasteiger partial charge in [0, 0.05) is 6.08 Å². The molecule has 9 heteroatoms. The average molecular weight is 372 g/mol. The second-order valence-electron chi connectivity index (χ2n) is 4.99. The summed E-state index contributed by atoms with van der Waals surface area (Å²) in [5.74, 6) is -1.30. The van der Waals surface area contributed by atoms with Crippen molar-refractivity contribution in [1.82, 2.24) is 5.43 Å². The van der Waals surface area contributed by atoms with Crippen LogP contribution in [0.2, 0.25) is 0 Å². The molecule has 0 atom stereocenters. The molecule has 0 saturated heterocycles. The maximum atomic E-state index is 11.3. The first-order valence-electron chi connectivity index (χ1n) is 7.59. The normalized spacial score (nSPS) is 9.67. The molecule has 142 valence electrons. The Balaban J connectivity index is 0.000000337. The zero-order chi connectivity index (χ0) is 20.2. The van der Waals surface area contributed by atoms with Gasteiger partial charge in [0.1, 0.15) is 0 Å². The molecule has 0 fully saturated rings. The van der Waals surface area contributed by atoms with Crippen molar-refractivity contribution in [3.05, 3.63) is 65.7 Å². The van der Waals surface area contributed by atoms with E-state index in [2.05, 4.69) is 10.5 Å². The van der Waals surface area contributed by atoms with E-state index in [-0.39, 0.29) is 17.3 Å². The van der Waals surface area contributed by atoms with Gasteiger partial charge in [-0.05, 0) is 29.3 Å². The third-order valence-electron chi connectivity index (χ3n) is 2.97. The number of carboxylic acid groups (broad SMARTS) is 1. The molecular formula is C18H20N4O5. The maximum Gasteiger partial charge on any atom is 0.360 e. The van der Waals surface area contributed by atoms with Crippen molar-refractivity contribution in [2.45, 2.75) is 0 Å². The summed E-state index contributed by atoms with van der Waals surface area (Å²) in [5, 5.41) is 21.7. The van der Waals surface area contributed by atoms with Crippen molar-refractivity contribution < 1.29 is 29.6 Å². The number of nitrogens with one attached hydrogen (secondary N) is 2. The summed E-state index contributed by atoms with van der Waals surface area (Å²) in [6.07, 6.45) is 2.83. The molecule has 0 aromatic heterocycles. The summed E-state index contributed by atoms with van der Waals surface area (Å²) in [5.41, 5.74) is 13.4. The number of hydrazine groups is 1. The van der Waals surface area contributed by atoms with Crippen molar-refractivity contribution in [1.29, 1.82) is 0 Å². The minimum atomic E-state index is -1.13. The molecule has 0 unspecified atom stereocenters. The summed E-state index contributed by atoms with van der Waals surface area (Å²) in [6.45, 7) is 0. The van der Waals surface area contributed by atoms with Crippen LogP contribution < -0.4 is 31.8 Å². The number of guanidine groups is 1. The van der Waals surface area contributed by atoms with Gasteiger partial charge in [-0.1, -0.05) is 36.4 Å². The lowest BCUT2D eigenvalue weighted by molar-refractivity contribution is -0.512. The number of carbonyl (C=O) groups excluding carboxylic acids is 2. The van der Waals surface area contributed by atoms with E-state index >= 15 is 0 Å². The topological polar surface area (TPSA) is 165 Å². The molecular weight excluding hydrogens is 352 g/mol. The molecule has 0 bridgehead atoms. The summed E-state index contributed by atoms with van der Waals surface area (Å²) in [6, 6.07) is 12.8. The maximum absolute atomic E-state index is 11.3. The molecule has 1 amide bonds. The van der Waals surface area contributed by atoms with Crippen LogP contribution in [-0.4, -0.2) is 30.1 Å². The van der Waals surface area contributed by atoms with Crippen molar-refractivity contribution >= 4 is 23.9 Å². The van der Waals surface area contributed by atoms with E-state index < -0.39 is 11.9 Å². The first-order valence-corrected chi connectivity index (χ1v) is 7.59. The first kappa shape index (κ1) is 21.0. The van der Waals surface area contributed by atoms with Crippen LogP contribution in [0.1, 0.15) is 15.9 Å². The quantitative estimate of drug-likeness (QED) is 0.173. The van der Waals surface area contributed by atoms with Gasteiger partial charge in [0.25, 0.3) is 5.91 Å². The van der Waals surface area contributed by atoms with Gasteiger partial charge in [0.15, 0.2) is 11.5 Å². The number of methoxy groups -OCH3 is 1. The van der Waals surface area contributed by atoms with Gasteiger partial charge in [0.05, 0.1) is 13.1 Å². The summed E-state index contributed by atoms with van der Waals surface area (Å²) in [7, 11) is 1.44. The smallest absolute Gasteiger partial charge is 0.360 e. The number of carbonyl (C=O) groups is 2. The van der Waals surface area contributed by atoms with E-state index in [1.54, 1.807) is 36.4 Å². The SMILES string of the molecule is COc1cc(/C=C/C(=O)N[NH+]=C(N)N)ccc1O.O=C([O-])c1ccccc1. The highest BCUT2D eigenvalue weighted by Gasteiger charge is 2.01. The van der Waals surface area contributed by atoms with Crippen LogP contribution in [0.3, 0.4) is 0 Å². The number of ether oxygens (including phenoxy) is 1. The second-order valence-corrected chi connectivity index (χ2v) is 4.99. The van der Waals surface area contributed by atoms with E-state index in [4.69, 9.17) is 16.2 Å². The molecule has 0 spiro atoms. The Morgan fingerprint density at radius 1 is 1.19 bits per heavy atom. The van der Waals surface area contributed by atoms with E-state index in [1.807, 2.05) is 0 Å². The van der Waals surface area contributed by atoms with Gasteiger partial charge in [-0.25, -0.2) is 5.43 Å². The molecule has 2 rings (SSSR count). The largest absolute Gasteiger partial charge is 0.545 e. The number of hydrogen-bond acceptors (Lipinski definition) is 5. The number of nitrogens with two attached hydrogens (primary N) is 2. The highest BCUT2D eigenvalue weighted by atomic mass is 16.5. The Hall–Kier alpha value is -4.01. The summed E-state index contributed by atoms with van der Waals surface area (Å²) in [4.78, 5) is 21.4. The lowest BCUT2D eigenvalue weighted by atomic mass is 10.2. The molecule has 0 aliphatic heterocycles. The number of aromatic carboxylic acids is 1. The Labute approximate surface area is 155 Å². The molecule has 2 aromatic carbocycles.